The second kappa shape index (κ2) is 5.89. The lowest BCUT2D eigenvalue weighted by molar-refractivity contribution is -0.142. The number of hydrogen-bond acceptors (Lipinski definition) is 3. The summed E-state index contributed by atoms with van der Waals surface area (Å²) in [6, 6.07) is 3.30. The summed E-state index contributed by atoms with van der Waals surface area (Å²) in [6.07, 6.45) is 1.58. The molecule has 1 heterocycles. The first kappa shape index (κ1) is 15.6. The van der Waals surface area contributed by atoms with Gasteiger partial charge in [-0.15, -0.1) is 0 Å². The predicted octanol–water partition coefficient (Wildman–Crippen LogP) is 2.62. The van der Waals surface area contributed by atoms with Crippen molar-refractivity contribution in [3.05, 3.63) is 28.2 Å². The third-order valence-corrected chi connectivity index (χ3v) is 6.09. The predicted molar refractivity (Wildman–Crippen MR) is 75.6 cm³/mol. The van der Waals surface area contributed by atoms with Crippen LogP contribution < -0.4 is 0 Å². The maximum absolute atomic E-state index is 12.6. The first-order valence-electron chi connectivity index (χ1n) is 6.04. The summed E-state index contributed by atoms with van der Waals surface area (Å²) in [5.41, 5.74) is 0. The van der Waals surface area contributed by atoms with Crippen molar-refractivity contribution >= 4 is 39.2 Å². The molecule has 1 aromatic carbocycles. The highest BCUT2D eigenvalue weighted by Crippen LogP contribution is 2.34. The molecule has 0 amide bonds. The molecule has 5 nitrogen and oxygen atoms in total. The van der Waals surface area contributed by atoms with E-state index in [1.54, 1.807) is 0 Å². The smallest absolute Gasteiger partial charge is 0.322 e. The lowest BCUT2D eigenvalue weighted by Gasteiger charge is -2.32. The van der Waals surface area contributed by atoms with E-state index in [9.17, 15) is 18.3 Å². The van der Waals surface area contributed by atoms with E-state index in [1.807, 2.05) is 0 Å². The van der Waals surface area contributed by atoms with Gasteiger partial charge < -0.3 is 5.11 Å². The second-order valence-electron chi connectivity index (χ2n) is 4.52. The lowest BCUT2D eigenvalue weighted by Crippen LogP contribution is -2.47. The van der Waals surface area contributed by atoms with Crippen molar-refractivity contribution in [2.45, 2.75) is 30.2 Å². The molecular weight excluding hydrogens is 325 g/mol. The lowest BCUT2D eigenvalue weighted by atomic mass is 10.1. The van der Waals surface area contributed by atoms with Crippen LogP contribution in [0.15, 0.2) is 23.1 Å². The van der Waals surface area contributed by atoms with Crippen LogP contribution in [0.5, 0.6) is 0 Å². The summed E-state index contributed by atoms with van der Waals surface area (Å²) in [6.45, 7) is 0.154. The van der Waals surface area contributed by atoms with E-state index < -0.39 is 22.0 Å². The quantitative estimate of drug-likeness (QED) is 0.919. The number of benzene rings is 1. The van der Waals surface area contributed by atoms with Crippen LogP contribution in [-0.4, -0.2) is 36.4 Å². The van der Waals surface area contributed by atoms with Gasteiger partial charge in [-0.1, -0.05) is 29.3 Å². The number of carboxylic acids is 1. The Balaban J connectivity index is 2.51. The molecule has 0 radical (unpaired) electrons. The van der Waals surface area contributed by atoms with Crippen LogP contribution in [0.1, 0.15) is 19.3 Å². The zero-order valence-electron chi connectivity index (χ0n) is 10.4. The molecule has 1 N–H and O–H groups in total. The van der Waals surface area contributed by atoms with Gasteiger partial charge in [0, 0.05) is 6.54 Å². The highest BCUT2D eigenvalue weighted by atomic mass is 35.5. The summed E-state index contributed by atoms with van der Waals surface area (Å²) < 4.78 is 26.3. The Labute approximate surface area is 127 Å². The molecule has 0 aromatic heterocycles. The van der Waals surface area contributed by atoms with Crippen molar-refractivity contribution in [2.24, 2.45) is 0 Å². The van der Waals surface area contributed by atoms with Crippen molar-refractivity contribution in [1.29, 1.82) is 0 Å². The Morgan fingerprint density at radius 3 is 2.40 bits per heavy atom. The molecule has 8 heteroatoms. The molecule has 1 atom stereocenters. The van der Waals surface area contributed by atoms with Crippen LogP contribution >= 0.6 is 23.2 Å². The number of piperidine rings is 1. The molecule has 1 aliphatic heterocycles. The van der Waals surface area contributed by atoms with Crippen LogP contribution in [0, 0.1) is 0 Å². The summed E-state index contributed by atoms with van der Waals surface area (Å²) in [7, 11) is -4.03. The molecule has 20 heavy (non-hydrogen) atoms. The number of rotatable bonds is 3. The zero-order valence-corrected chi connectivity index (χ0v) is 12.7. The molecule has 1 unspecified atom stereocenters. The maximum atomic E-state index is 12.6. The number of carboxylic acid groups (broad SMARTS) is 1. The Hall–Kier alpha value is -0.820. The highest BCUT2D eigenvalue weighted by Gasteiger charge is 2.39. The summed E-state index contributed by atoms with van der Waals surface area (Å²) in [5.74, 6) is -1.16. The third-order valence-electron chi connectivity index (χ3n) is 3.22. The fourth-order valence-electron chi connectivity index (χ4n) is 2.29. The standard InChI is InChI=1S/C12H13Cl2NO4S/c13-8-4-3-5-9(14)11(8)20(18,19)15-7-2-1-6-10(15)12(16)17/h3-5,10H,1-2,6-7H2,(H,16,17). The third kappa shape index (κ3) is 2.79. The van der Waals surface area contributed by atoms with Crippen LogP contribution in [0.3, 0.4) is 0 Å². The molecule has 1 fully saturated rings. The first-order valence-corrected chi connectivity index (χ1v) is 8.24. The number of nitrogens with zero attached hydrogens (tertiary/aromatic N) is 1. The largest absolute Gasteiger partial charge is 0.480 e. The van der Waals surface area contributed by atoms with E-state index in [-0.39, 0.29) is 27.9 Å². The van der Waals surface area contributed by atoms with Crippen molar-refractivity contribution in [2.75, 3.05) is 6.54 Å². The van der Waals surface area contributed by atoms with Crippen molar-refractivity contribution < 1.29 is 18.3 Å². The van der Waals surface area contributed by atoms with Gasteiger partial charge in [-0.05, 0) is 31.4 Å². The fourth-order valence-corrected chi connectivity index (χ4v) is 5.03. The van der Waals surface area contributed by atoms with Crippen LogP contribution in [0.25, 0.3) is 0 Å². The molecule has 0 aliphatic carbocycles. The van der Waals surface area contributed by atoms with Gasteiger partial charge in [-0.3, -0.25) is 4.79 Å². The molecule has 0 bridgehead atoms. The summed E-state index contributed by atoms with van der Waals surface area (Å²) in [5, 5.41) is 9.17. The molecule has 1 saturated heterocycles. The normalized spacial score (nSPS) is 20.8. The monoisotopic (exact) mass is 337 g/mol. The van der Waals surface area contributed by atoms with Crippen LogP contribution in [0.4, 0.5) is 0 Å². The van der Waals surface area contributed by atoms with Gasteiger partial charge in [-0.2, -0.15) is 4.31 Å². The number of carbonyl (C=O) groups is 1. The first-order chi connectivity index (χ1) is 9.35. The number of hydrogen-bond donors (Lipinski definition) is 1. The van der Waals surface area contributed by atoms with Gasteiger partial charge in [0.2, 0.25) is 10.0 Å². The second-order valence-corrected chi connectivity index (χ2v) is 7.16. The van der Waals surface area contributed by atoms with Gasteiger partial charge in [0.15, 0.2) is 0 Å². The molecule has 2 rings (SSSR count). The molecule has 1 aliphatic rings. The van der Waals surface area contributed by atoms with E-state index in [0.717, 1.165) is 4.31 Å². The van der Waals surface area contributed by atoms with E-state index in [0.29, 0.717) is 12.8 Å². The minimum absolute atomic E-state index is 0.00721. The van der Waals surface area contributed by atoms with Crippen molar-refractivity contribution in [3.8, 4) is 0 Å². The summed E-state index contributed by atoms with van der Waals surface area (Å²) >= 11 is 11.8. The van der Waals surface area contributed by atoms with E-state index >= 15 is 0 Å². The minimum Gasteiger partial charge on any atom is -0.480 e. The van der Waals surface area contributed by atoms with Crippen LogP contribution in [-0.2, 0) is 14.8 Å². The Bertz CT molecular complexity index is 612. The Kier molecular flexibility index (Phi) is 4.59. The Morgan fingerprint density at radius 2 is 1.85 bits per heavy atom. The Morgan fingerprint density at radius 1 is 1.25 bits per heavy atom. The average molecular weight is 338 g/mol. The van der Waals surface area contributed by atoms with Gasteiger partial charge in [0.1, 0.15) is 10.9 Å². The number of aliphatic carboxylic acids is 1. The van der Waals surface area contributed by atoms with Gasteiger partial charge >= 0.3 is 5.97 Å². The van der Waals surface area contributed by atoms with Gasteiger partial charge in [0.25, 0.3) is 0 Å². The van der Waals surface area contributed by atoms with Crippen molar-refractivity contribution in [1.82, 2.24) is 4.31 Å². The fraction of sp³-hybridized carbons (Fsp3) is 0.417. The number of halogens is 2. The topological polar surface area (TPSA) is 74.7 Å². The van der Waals surface area contributed by atoms with E-state index in [2.05, 4.69) is 0 Å². The molecule has 110 valence electrons. The van der Waals surface area contributed by atoms with E-state index in [4.69, 9.17) is 23.2 Å². The van der Waals surface area contributed by atoms with Crippen molar-refractivity contribution in [3.63, 3.8) is 0 Å². The SMILES string of the molecule is O=C(O)C1CCCCN1S(=O)(=O)c1c(Cl)cccc1Cl. The van der Waals surface area contributed by atoms with Gasteiger partial charge in [0.05, 0.1) is 10.0 Å². The molecular formula is C12H13Cl2NO4S. The zero-order chi connectivity index (χ0) is 14.9. The average Bonchev–Trinajstić information content (AvgIpc) is 2.38. The molecule has 1 aromatic rings. The van der Waals surface area contributed by atoms with E-state index in [1.165, 1.54) is 18.2 Å². The summed E-state index contributed by atoms with van der Waals surface area (Å²) in [4.78, 5) is 11.0. The molecule has 0 spiro atoms. The highest BCUT2D eigenvalue weighted by molar-refractivity contribution is 7.89. The van der Waals surface area contributed by atoms with Crippen LogP contribution in [0.2, 0.25) is 10.0 Å². The molecule has 0 saturated carbocycles. The maximum Gasteiger partial charge on any atom is 0.322 e. The number of sulfonamides is 1. The minimum atomic E-state index is -4.03. The van der Waals surface area contributed by atoms with Gasteiger partial charge in [-0.25, -0.2) is 8.42 Å².